The molecule has 0 bridgehead atoms. The molecule has 1 aromatic heterocycles. The van der Waals surface area contributed by atoms with E-state index in [-0.39, 0.29) is 0 Å². The van der Waals surface area contributed by atoms with Crippen molar-refractivity contribution in [3.05, 3.63) is 16.1 Å². The van der Waals surface area contributed by atoms with E-state index in [0.29, 0.717) is 0 Å². The average molecular weight is 323 g/mol. The van der Waals surface area contributed by atoms with Gasteiger partial charge in [-0.1, -0.05) is 6.92 Å². The van der Waals surface area contributed by atoms with Crippen LogP contribution < -0.4 is 5.32 Å². The largest absolute Gasteiger partial charge is 0.357 e. The normalized spacial score (nSPS) is 17.0. The molecule has 0 unspecified atom stereocenters. The lowest BCUT2D eigenvalue weighted by Crippen LogP contribution is -2.45. The highest BCUT2D eigenvalue weighted by molar-refractivity contribution is 7.09. The van der Waals surface area contributed by atoms with Crippen molar-refractivity contribution in [1.82, 2.24) is 15.2 Å². The monoisotopic (exact) mass is 322 g/mol. The summed E-state index contributed by atoms with van der Waals surface area (Å²) in [5.74, 6) is 1.97. The zero-order valence-electron chi connectivity index (χ0n) is 14.3. The van der Waals surface area contributed by atoms with Gasteiger partial charge in [-0.05, 0) is 51.9 Å². The maximum atomic E-state index is 4.81. The fourth-order valence-electron chi connectivity index (χ4n) is 2.74. The Kier molecular flexibility index (Phi) is 7.16. The van der Waals surface area contributed by atoms with E-state index >= 15 is 0 Å². The maximum absolute atomic E-state index is 4.81. The minimum atomic E-state index is 0.862. The zero-order valence-corrected chi connectivity index (χ0v) is 15.1. The van der Waals surface area contributed by atoms with Crippen LogP contribution in [0.15, 0.2) is 10.4 Å². The summed E-state index contributed by atoms with van der Waals surface area (Å²) < 4.78 is 0. The first kappa shape index (κ1) is 17.3. The van der Waals surface area contributed by atoms with E-state index in [2.05, 4.69) is 41.4 Å². The fraction of sp³-hybridized carbons (Fsp3) is 0.765. The van der Waals surface area contributed by atoms with Crippen molar-refractivity contribution in [1.29, 1.82) is 0 Å². The number of rotatable bonds is 6. The molecule has 1 N–H and O–H groups in total. The highest BCUT2D eigenvalue weighted by Gasteiger charge is 2.18. The van der Waals surface area contributed by atoms with Gasteiger partial charge in [0, 0.05) is 37.3 Å². The number of hydrogen-bond donors (Lipinski definition) is 1. The Morgan fingerprint density at radius 1 is 1.41 bits per heavy atom. The molecule has 1 aliphatic rings. The summed E-state index contributed by atoms with van der Waals surface area (Å²) in [5, 5.41) is 6.84. The van der Waals surface area contributed by atoms with Crippen LogP contribution in [0.1, 0.15) is 50.2 Å². The molecule has 0 radical (unpaired) electrons. The second-order valence-electron chi connectivity index (χ2n) is 6.24. The van der Waals surface area contributed by atoms with Crippen molar-refractivity contribution in [2.75, 3.05) is 26.2 Å². The first-order valence-electron chi connectivity index (χ1n) is 8.63. The van der Waals surface area contributed by atoms with E-state index in [9.17, 15) is 0 Å². The Hall–Kier alpha value is -1.10. The molecule has 22 heavy (non-hydrogen) atoms. The lowest BCUT2D eigenvalue weighted by molar-refractivity contribution is 0.273. The Labute approximate surface area is 139 Å². The van der Waals surface area contributed by atoms with Gasteiger partial charge >= 0.3 is 0 Å². The molecular formula is C17H30N4S. The van der Waals surface area contributed by atoms with Gasteiger partial charge in [0.15, 0.2) is 5.96 Å². The van der Waals surface area contributed by atoms with Crippen LogP contribution >= 0.6 is 11.3 Å². The summed E-state index contributed by atoms with van der Waals surface area (Å²) in [4.78, 5) is 11.8. The van der Waals surface area contributed by atoms with Crippen LogP contribution in [-0.2, 0) is 6.42 Å². The number of thiazole rings is 1. The molecule has 1 aromatic rings. The predicted molar refractivity (Wildman–Crippen MR) is 95.7 cm³/mol. The van der Waals surface area contributed by atoms with Crippen LogP contribution in [0.4, 0.5) is 0 Å². The molecule has 5 heteroatoms. The third-order valence-electron chi connectivity index (χ3n) is 4.14. The number of aryl methyl sites for hydroxylation is 2. The summed E-state index contributed by atoms with van der Waals surface area (Å²) in [7, 11) is 0. The number of nitrogens with one attached hydrogen (secondary N) is 1. The first-order valence-corrected chi connectivity index (χ1v) is 9.51. The molecule has 0 aromatic carbocycles. The summed E-state index contributed by atoms with van der Waals surface area (Å²) >= 11 is 1.78. The lowest BCUT2D eigenvalue weighted by atomic mass is 10.00. The van der Waals surface area contributed by atoms with Crippen molar-refractivity contribution >= 4 is 17.3 Å². The number of hydrogen-bond acceptors (Lipinski definition) is 3. The molecular weight excluding hydrogens is 292 g/mol. The average Bonchev–Trinajstić information content (AvgIpc) is 2.92. The van der Waals surface area contributed by atoms with Gasteiger partial charge in [-0.15, -0.1) is 11.3 Å². The number of aliphatic imine (C=N–C) groups is 1. The summed E-state index contributed by atoms with van der Waals surface area (Å²) in [6.07, 6.45) is 5.97. The van der Waals surface area contributed by atoms with Gasteiger partial charge in [0.05, 0.1) is 5.01 Å². The van der Waals surface area contributed by atoms with Crippen LogP contribution in [-0.4, -0.2) is 42.0 Å². The van der Waals surface area contributed by atoms with Gasteiger partial charge in [-0.3, -0.25) is 4.99 Å². The second kappa shape index (κ2) is 9.13. The topological polar surface area (TPSA) is 40.5 Å². The van der Waals surface area contributed by atoms with Crippen molar-refractivity contribution in [3.8, 4) is 0 Å². The number of nitrogens with zero attached hydrogens (tertiary/aromatic N) is 3. The van der Waals surface area contributed by atoms with Crippen LogP contribution in [0.2, 0.25) is 0 Å². The summed E-state index contributed by atoms with van der Waals surface area (Å²) in [5.41, 5.74) is 1.15. The molecule has 1 saturated heterocycles. The van der Waals surface area contributed by atoms with Crippen LogP contribution in [0, 0.1) is 12.8 Å². The smallest absolute Gasteiger partial charge is 0.193 e. The number of unbranched alkanes of at least 4 members (excludes halogenated alkanes) is 1. The number of piperidine rings is 1. The van der Waals surface area contributed by atoms with E-state index in [1.807, 2.05) is 0 Å². The van der Waals surface area contributed by atoms with Crippen LogP contribution in [0.5, 0.6) is 0 Å². The van der Waals surface area contributed by atoms with Crippen LogP contribution in [0.3, 0.4) is 0 Å². The molecule has 0 atom stereocenters. The molecule has 2 heterocycles. The molecule has 0 amide bonds. The molecule has 0 spiro atoms. The molecule has 1 fully saturated rings. The Bertz CT molecular complexity index is 461. The van der Waals surface area contributed by atoms with E-state index in [1.54, 1.807) is 11.3 Å². The van der Waals surface area contributed by atoms with Gasteiger partial charge in [0.2, 0.25) is 0 Å². The van der Waals surface area contributed by atoms with Crippen LogP contribution in [0.25, 0.3) is 0 Å². The van der Waals surface area contributed by atoms with Crippen molar-refractivity contribution in [3.63, 3.8) is 0 Å². The van der Waals surface area contributed by atoms with E-state index in [0.717, 1.165) is 56.6 Å². The van der Waals surface area contributed by atoms with Crippen molar-refractivity contribution in [2.24, 2.45) is 10.9 Å². The van der Waals surface area contributed by atoms with E-state index in [1.165, 1.54) is 24.3 Å². The molecule has 4 nitrogen and oxygen atoms in total. The van der Waals surface area contributed by atoms with Gasteiger partial charge in [-0.2, -0.15) is 0 Å². The standard InChI is InChI=1S/C17H30N4S/c1-4-18-17(21-11-8-14(2)9-12-21)19-10-6-5-7-16-20-15(3)13-22-16/h13-14H,4-12H2,1-3H3,(H,18,19). The number of likely N-dealkylation sites (tertiary alicyclic amines) is 1. The number of aromatic nitrogens is 1. The van der Waals surface area contributed by atoms with Gasteiger partial charge in [0.1, 0.15) is 0 Å². The first-order chi connectivity index (χ1) is 10.7. The van der Waals surface area contributed by atoms with Crippen molar-refractivity contribution in [2.45, 2.75) is 52.9 Å². The maximum Gasteiger partial charge on any atom is 0.193 e. The molecule has 0 aliphatic carbocycles. The fourth-order valence-corrected chi connectivity index (χ4v) is 3.55. The molecule has 2 rings (SSSR count). The predicted octanol–water partition coefficient (Wildman–Crippen LogP) is 3.47. The number of guanidine groups is 1. The van der Waals surface area contributed by atoms with Gasteiger partial charge in [0.25, 0.3) is 0 Å². The zero-order chi connectivity index (χ0) is 15.8. The minimum absolute atomic E-state index is 0.862. The SMILES string of the molecule is CCNC(=NCCCCc1nc(C)cs1)N1CCC(C)CC1. The third kappa shape index (κ3) is 5.59. The Morgan fingerprint density at radius 2 is 2.18 bits per heavy atom. The summed E-state index contributed by atoms with van der Waals surface area (Å²) in [6.45, 7) is 10.7. The minimum Gasteiger partial charge on any atom is -0.357 e. The second-order valence-corrected chi connectivity index (χ2v) is 7.19. The Morgan fingerprint density at radius 3 is 2.82 bits per heavy atom. The van der Waals surface area contributed by atoms with Gasteiger partial charge < -0.3 is 10.2 Å². The highest BCUT2D eigenvalue weighted by atomic mass is 32.1. The molecule has 1 aliphatic heterocycles. The van der Waals surface area contributed by atoms with E-state index < -0.39 is 0 Å². The third-order valence-corrected chi connectivity index (χ3v) is 5.17. The summed E-state index contributed by atoms with van der Waals surface area (Å²) in [6, 6.07) is 0. The van der Waals surface area contributed by atoms with E-state index in [4.69, 9.17) is 4.99 Å². The molecule has 0 saturated carbocycles. The molecule has 124 valence electrons. The van der Waals surface area contributed by atoms with Crippen molar-refractivity contribution < 1.29 is 0 Å². The lowest BCUT2D eigenvalue weighted by Gasteiger charge is -2.33. The quantitative estimate of drug-likeness (QED) is 0.495. The highest BCUT2D eigenvalue weighted by Crippen LogP contribution is 2.16. The van der Waals surface area contributed by atoms with Gasteiger partial charge in [-0.25, -0.2) is 4.98 Å². The Balaban J connectivity index is 1.72.